The fraction of sp³-hybridized carbons (Fsp3) is 0.105. The average Bonchev–Trinajstić information content (AvgIpc) is 3.19. The molecule has 10 heteroatoms. The summed E-state index contributed by atoms with van der Waals surface area (Å²) in [6, 6.07) is 14.6. The number of nitro benzene ring substituents is 1. The van der Waals surface area contributed by atoms with E-state index in [4.69, 9.17) is 4.74 Å². The molecule has 1 atom stereocenters. The van der Waals surface area contributed by atoms with Gasteiger partial charge in [0.05, 0.1) is 10.6 Å². The van der Waals surface area contributed by atoms with E-state index in [9.17, 15) is 19.7 Å². The topological polar surface area (TPSA) is 127 Å². The Morgan fingerprint density at radius 1 is 1.21 bits per heavy atom. The number of ether oxygens (including phenoxy) is 1. The maximum absolute atomic E-state index is 12.3. The summed E-state index contributed by atoms with van der Waals surface area (Å²) in [6.45, 7) is 1.37. The van der Waals surface area contributed by atoms with Crippen molar-refractivity contribution < 1.29 is 19.2 Å². The molecule has 0 aliphatic rings. The van der Waals surface area contributed by atoms with Crippen LogP contribution < -0.4 is 5.32 Å². The lowest BCUT2D eigenvalue weighted by molar-refractivity contribution is -0.383. The molecule has 9 nitrogen and oxygen atoms in total. The third-order valence-electron chi connectivity index (χ3n) is 3.95. The SMILES string of the molecule is C[C@@H](OC(=O)c1cc(-c2ccc(Br)cc2)n[nH]1)C(=O)Nc1ccccc1[N+](=O)[O-]. The fourth-order valence-electron chi connectivity index (χ4n) is 2.45. The number of hydrogen-bond acceptors (Lipinski definition) is 6. The second-order valence-electron chi connectivity index (χ2n) is 5.98. The Kier molecular flexibility index (Phi) is 6.03. The molecule has 0 radical (unpaired) electrons. The number of nitrogens with zero attached hydrogens (tertiary/aromatic N) is 2. The summed E-state index contributed by atoms with van der Waals surface area (Å²) in [6.07, 6.45) is -1.18. The van der Waals surface area contributed by atoms with Gasteiger partial charge >= 0.3 is 5.97 Å². The Hall–Kier alpha value is -3.53. The summed E-state index contributed by atoms with van der Waals surface area (Å²) in [5.41, 5.74) is 1.18. The van der Waals surface area contributed by atoms with E-state index in [0.29, 0.717) is 5.69 Å². The van der Waals surface area contributed by atoms with Gasteiger partial charge in [0, 0.05) is 16.1 Å². The molecular formula is C19H15BrN4O5. The molecule has 2 N–H and O–H groups in total. The van der Waals surface area contributed by atoms with E-state index in [1.54, 1.807) is 6.07 Å². The van der Waals surface area contributed by atoms with Crippen LogP contribution in [0.2, 0.25) is 0 Å². The van der Waals surface area contributed by atoms with Crippen LogP contribution in [0.3, 0.4) is 0 Å². The van der Waals surface area contributed by atoms with Gasteiger partial charge in [-0.3, -0.25) is 20.0 Å². The van der Waals surface area contributed by atoms with Crippen LogP contribution in [-0.4, -0.2) is 33.1 Å². The lowest BCUT2D eigenvalue weighted by atomic mass is 10.1. The minimum absolute atomic E-state index is 0.0180. The van der Waals surface area contributed by atoms with Gasteiger partial charge in [-0.2, -0.15) is 5.10 Å². The second kappa shape index (κ2) is 8.65. The van der Waals surface area contributed by atoms with Crippen molar-refractivity contribution in [3.63, 3.8) is 0 Å². The van der Waals surface area contributed by atoms with Gasteiger partial charge in [-0.1, -0.05) is 40.2 Å². The maximum atomic E-state index is 12.3. The van der Waals surface area contributed by atoms with Crippen LogP contribution in [0.4, 0.5) is 11.4 Å². The molecule has 1 amide bonds. The van der Waals surface area contributed by atoms with E-state index in [2.05, 4.69) is 31.4 Å². The number of aromatic nitrogens is 2. The molecule has 3 rings (SSSR count). The Morgan fingerprint density at radius 2 is 1.90 bits per heavy atom. The van der Waals surface area contributed by atoms with Gasteiger partial charge in [0.15, 0.2) is 6.10 Å². The first-order valence-electron chi connectivity index (χ1n) is 8.42. The summed E-state index contributed by atoms with van der Waals surface area (Å²) >= 11 is 3.35. The van der Waals surface area contributed by atoms with E-state index in [1.807, 2.05) is 24.3 Å². The number of amides is 1. The van der Waals surface area contributed by atoms with Crippen LogP contribution in [-0.2, 0) is 9.53 Å². The summed E-state index contributed by atoms with van der Waals surface area (Å²) in [4.78, 5) is 35.0. The number of anilines is 1. The number of nitro groups is 1. The number of H-pyrrole nitrogens is 1. The number of para-hydroxylation sites is 2. The number of carbonyl (C=O) groups is 2. The van der Waals surface area contributed by atoms with Gasteiger partial charge < -0.3 is 10.1 Å². The van der Waals surface area contributed by atoms with Gasteiger partial charge in [-0.25, -0.2) is 4.79 Å². The third kappa shape index (κ3) is 4.85. The van der Waals surface area contributed by atoms with E-state index in [1.165, 1.54) is 31.2 Å². The van der Waals surface area contributed by atoms with E-state index < -0.39 is 22.9 Å². The van der Waals surface area contributed by atoms with Crippen molar-refractivity contribution in [2.75, 3.05) is 5.32 Å². The lowest BCUT2D eigenvalue weighted by Crippen LogP contribution is -2.30. The number of hydrogen-bond donors (Lipinski definition) is 2. The number of benzene rings is 2. The summed E-state index contributed by atoms with van der Waals surface area (Å²) < 4.78 is 6.05. The lowest BCUT2D eigenvalue weighted by Gasteiger charge is -2.12. The molecule has 1 aromatic heterocycles. The molecule has 0 fully saturated rings. The van der Waals surface area contributed by atoms with Gasteiger partial charge in [0.25, 0.3) is 11.6 Å². The highest BCUT2D eigenvalue weighted by molar-refractivity contribution is 9.10. The molecule has 0 unspecified atom stereocenters. The first kappa shape index (κ1) is 20.2. The zero-order valence-electron chi connectivity index (χ0n) is 15.1. The zero-order valence-corrected chi connectivity index (χ0v) is 16.7. The largest absolute Gasteiger partial charge is 0.448 e. The number of esters is 1. The molecule has 1 heterocycles. The number of rotatable bonds is 6. The third-order valence-corrected chi connectivity index (χ3v) is 4.48. The highest BCUT2D eigenvalue weighted by Gasteiger charge is 2.23. The van der Waals surface area contributed by atoms with Crippen LogP contribution in [0.1, 0.15) is 17.4 Å². The van der Waals surface area contributed by atoms with Gasteiger partial charge in [0.1, 0.15) is 11.4 Å². The molecule has 3 aromatic rings. The van der Waals surface area contributed by atoms with Crippen molar-refractivity contribution in [3.8, 4) is 11.3 Å². The number of aromatic amines is 1. The first-order chi connectivity index (χ1) is 13.8. The highest BCUT2D eigenvalue weighted by Crippen LogP contribution is 2.24. The Balaban J connectivity index is 1.65. The van der Waals surface area contributed by atoms with Crippen molar-refractivity contribution in [1.82, 2.24) is 10.2 Å². The number of halogens is 1. The average molecular weight is 459 g/mol. The maximum Gasteiger partial charge on any atom is 0.357 e. The summed E-state index contributed by atoms with van der Waals surface area (Å²) in [5.74, 6) is -1.47. The van der Waals surface area contributed by atoms with Crippen LogP contribution in [0.5, 0.6) is 0 Å². The van der Waals surface area contributed by atoms with Crippen molar-refractivity contribution in [1.29, 1.82) is 0 Å². The summed E-state index contributed by atoms with van der Waals surface area (Å²) in [7, 11) is 0. The van der Waals surface area contributed by atoms with Crippen molar-refractivity contribution in [3.05, 3.63) is 74.9 Å². The molecule has 2 aromatic carbocycles. The van der Waals surface area contributed by atoms with Crippen LogP contribution >= 0.6 is 15.9 Å². The van der Waals surface area contributed by atoms with Crippen molar-refractivity contribution >= 4 is 39.2 Å². The smallest absolute Gasteiger partial charge is 0.357 e. The number of nitrogens with one attached hydrogen (secondary N) is 2. The molecule has 29 heavy (non-hydrogen) atoms. The van der Waals surface area contributed by atoms with Crippen LogP contribution in [0.25, 0.3) is 11.3 Å². The van der Waals surface area contributed by atoms with E-state index in [-0.39, 0.29) is 17.1 Å². The standard InChI is InChI=1S/C19H15BrN4O5/c1-11(18(25)21-14-4-2-3-5-17(14)24(27)28)29-19(26)16-10-15(22-23-16)12-6-8-13(20)9-7-12/h2-11H,1H3,(H,21,25)(H,22,23)/t11-/m1/s1. The second-order valence-corrected chi connectivity index (χ2v) is 6.90. The van der Waals surface area contributed by atoms with Crippen molar-refractivity contribution in [2.45, 2.75) is 13.0 Å². The molecule has 0 aliphatic carbocycles. The Morgan fingerprint density at radius 3 is 2.59 bits per heavy atom. The highest BCUT2D eigenvalue weighted by atomic mass is 79.9. The Labute approximate surface area is 173 Å². The molecular weight excluding hydrogens is 444 g/mol. The zero-order chi connectivity index (χ0) is 21.0. The van der Waals surface area contributed by atoms with E-state index in [0.717, 1.165) is 10.0 Å². The Bertz CT molecular complexity index is 1060. The van der Waals surface area contributed by atoms with E-state index >= 15 is 0 Å². The van der Waals surface area contributed by atoms with Crippen molar-refractivity contribution in [2.24, 2.45) is 0 Å². The fourth-order valence-corrected chi connectivity index (χ4v) is 2.71. The predicted octanol–water partition coefficient (Wildman–Crippen LogP) is 3.93. The summed E-state index contributed by atoms with van der Waals surface area (Å²) in [5, 5.41) is 20.1. The molecule has 0 spiro atoms. The normalized spacial score (nSPS) is 11.5. The minimum atomic E-state index is -1.18. The minimum Gasteiger partial charge on any atom is -0.448 e. The van der Waals surface area contributed by atoms with Gasteiger partial charge in [-0.05, 0) is 31.2 Å². The molecule has 0 bridgehead atoms. The first-order valence-corrected chi connectivity index (χ1v) is 9.21. The number of carbonyl (C=O) groups excluding carboxylic acids is 2. The van der Waals surface area contributed by atoms with Crippen LogP contribution in [0, 0.1) is 10.1 Å². The molecule has 148 valence electrons. The van der Waals surface area contributed by atoms with Gasteiger partial charge in [0.2, 0.25) is 0 Å². The molecule has 0 saturated heterocycles. The van der Waals surface area contributed by atoms with Crippen LogP contribution in [0.15, 0.2) is 59.1 Å². The monoisotopic (exact) mass is 458 g/mol. The molecule has 0 aliphatic heterocycles. The predicted molar refractivity (Wildman–Crippen MR) is 108 cm³/mol. The molecule has 0 saturated carbocycles. The quantitative estimate of drug-likeness (QED) is 0.327. The van der Waals surface area contributed by atoms with Gasteiger partial charge in [-0.15, -0.1) is 0 Å².